The predicted molar refractivity (Wildman–Crippen MR) is 59.8 cm³/mol. The van der Waals surface area contributed by atoms with Gasteiger partial charge in [-0.25, -0.2) is 13.2 Å². The van der Waals surface area contributed by atoms with E-state index in [0.29, 0.717) is 5.92 Å². The fourth-order valence-corrected chi connectivity index (χ4v) is 3.13. The van der Waals surface area contributed by atoms with Crippen LogP contribution in [-0.4, -0.2) is 38.7 Å². The minimum atomic E-state index is -2.95. The summed E-state index contributed by atoms with van der Waals surface area (Å²) in [5, 5.41) is 3.21. The molecule has 0 aliphatic carbocycles. The molecular weight excluding hydrogens is 246 g/mol. The monoisotopic (exact) mass is 261 g/mol. The number of esters is 1. The van der Waals surface area contributed by atoms with E-state index >= 15 is 0 Å². The molecule has 17 heavy (non-hydrogen) atoms. The smallest absolute Gasteiger partial charge is 0.330 e. The van der Waals surface area contributed by atoms with Crippen LogP contribution in [0.3, 0.4) is 0 Å². The molecule has 1 N–H and O–H groups in total. The Morgan fingerprint density at radius 3 is 2.76 bits per heavy atom. The third-order valence-corrected chi connectivity index (χ3v) is 3.76. The van der Waals surface area contributed by atoms with Crippen LogP contribution in [0.5, 0.6) is 0 Å². The normalized spacial score (nSPS) is 39.5. The lowest BCUT2D eigenvalue weighted by atomic mass is 9.86. The quantitative estimate of drug-likeness (QED) is 0.398. The molecule has 5 atom stereocenters. The highest BCUT2D eigenvalue weighted by molar-refractivity contribution is 7.67. The van der Waals surface area contributed by atoms with Crippen molar-refractivity contribution in [2.45, 2.75) is 37.6 Å². The number of rotatable bonds is 4. The number of hydrogen-bond acceptors (Lipinski definition) is 6. The number of hydrogen-bond donors (Lipinski definition) is 2. The van der Waals surface area contributed by atoms with Crippen LogP contribution in [0.1, 0.15) is 13.3 Å². The zero-order valence-electron chi connectivity index (χ0n) is 9.37. The van der Waals surface area contributed by atoms with E-state index in [-0.39, 0.29) is 12.1 Å². The van der Waals surface area contributed by atoms with Gasteiger partial charge in [-0.2, -0.15) is 0 Å². The van der Waals surface area contributed by atoms with Crippen molar-refractivity contribution in [2.75, 3.05) is 0 Å². The van der Waals surface area contributed by atoms with Crippen molar-refractivity contribution in [1.29, 1.82) is 0 Å². The van der Waals surface area contributed by atoms with Crippen LogP contribution in [0.4, 0.5) is 0 Å². The van der Waals surface area contributed by atoms with Gasteiger partial charge in [-0.3, -0.25) is 4.18 Å². The second-order valence-corrected chi connectivity index (χ2v) is 5.07. The highest BCUT2D eigenvalue weighted by Gasteiger charge is 2.54. The maximum Gasteiger partial charge on any atom is 0.330 e. The molecule has 6 nitrogen and oxygen atoms in total. The Kier molecular flexibility index (Phi) is 3.50. The van der Waals surface area contributed by atoms with Crippen LogP contribution in [0, 0.1) is 5.92 Å². The van der Waals surface area contributed by atoms with Gasteiger partial charge in [-0.15, -0.1) is 0 Å². The summed E-state index contributed by atoms with van der Waals surface area (Å²) in [6.45, 7) is 5.34. The lowest BCUT2D eigenvalue weighted by molar-refractivity contribution is -0.149. The van der Waals surface area contributed by atoms with Crippen molar-refractivity contribution in [1.82, 2.24) is 5.32 Å². The molecule has 2 rings (SSSR count). The number of fused-ring (bicyclic) bond motifs is 2. The molecule has 2 aliphatic rings. The molecule has 0 spiro atoms. The average Bonchev–Trinajstić information content (AvgIpc) is 2.76. The number of nitrogens with one attached hydrogen (secondary N) is 1. The Bertz CT molecular complexity index is 400. The fourth-order valence-electron chi connectivity index (χ4n) is 2.66. The number of ether oxygens (including phenoxy) is 1. The van der Waals surface area contributed by atoms with Crippen molar-refractivity contribution < 1.29 is 22.1 Å². The fraction of sp³-hybridized carbons (Fsp3) is 0.700. The molecule has 2 aliphatic heterocycles. The molecule has 5 unspecified atom stereocenters. The predicted octanol–water partition coefficient (Wildman–Crippen LogP) is -0.624. The highest BCUT2D eigenvalue weighted by atomic mass is 32.2. The van der Waals surface area contributed by atoms with Gasteiger partial charge in [0.1, 0.15) is 12.2 Å². The van der Waals surface area contributed by atoms with Crippen molar-refractivity contribution in [2.24, 2.45) is 5.92 Å². The Hall–Kier alpha value is -0.920. The molecule has 7 heteroatoms. The Labute approximate surface area is 101 Å². The summed E-state index contributed by atoms with van der Waals surface area (Å²) in [6, 6.07) is -0.130. The molecule has 0 aromatic heterocycles. The van der Waals surface area contributed by atoms with Crippen molar-refractivity contribution in [3.63, 3.8) is 0 Å². The SMILES string of the molecule is C=CC(=O)OC1C2NC(CC2C)C1O[SH](=O)=O. The zero-order valence-corrected chi connectivity index (χ0v) is 10.3. The van der Waals surface area contributed by atoms with E-state index in [1.54, 1.807) is 0 Å². The molecule has 2 saturated heterocycles. The van der Waals surface area contributed by atoms with E-state index in [1.807, 2.05) is 6.92 Å². The maximum atomic E-state index is 11.2. The van der Waals surface area contributed by atoms with Crippen molar-refractivity contribution >= 4 is 17.0 Å². The van der Waals surface area contributed by atoms with E-state index in [1.165, 1.54) is 0 Å². The first-order chi connectivity index (χ1) is 8.02. The average molecular weight is 261 g/mol. The lowest BCUT2D eigenvalue weighted by Gasteiger charge is -2.30. The van der Waals surface area contributed by atoms with Gasteiger partial charge >= 0.3 is 5.97 Å². The van der Waals surface area contributed by atoms with Crippen LogP contribution >= 0.6 is 0 Å². The summed E-state index contributed by atoms with van der Waals surface area (Å²) in [4.78, 5) is 11.2. The first-order valence-electron chi connectivity index (χ1n) is 5.43. The van der Waals surface area contributed by atoms with Gasteiger partial charge in [0, 0.05) is 18.2 Å². The summed E-state index contributed by atoms with van der Waals surface area (Å²) in [6.07, 6.45) is 0.689. The molecule has 0 radical (unpaired) electrons. The lowest BCUT2D eigenvalue weighted by Crippen LogP contribution is -2.45. The van der Waals surface area contributed by atoms with Crippen LogP contribution in [0.2, 0.25) is 0 Å². The number of carbonyl (C=O) groups excluding carboxylic acids is 1. The standard InChI is InChI=1S/C10H15NO5S/c1-3-7(12)15-10-8-5(2)4-6(11-8)9(10)16-17(13)14/h3,5-6,8-11,17H,1,4H2,2H3. The largest absolute Gasteiger partial charge is 0.455 e. The van der Waals surface area contributed by atoms with Crippen molar-refractivity contribution in [3.05, 3.63) is 12.7 Å². The molecule has 2 fully saturated rings. The number of thiol groups is 1. The van der Waals surface area contributed by atoms with Gasteiger partial charge < -0.3 is 10.1 Å². The van der Waals surface area contributed by atoms with Gasteiger partial charge in [0.25, 0.3) is 11.0 Å². The molecule has 0 saturated carbocycles. The summed E-state index contributed by atoms with van der Waals surface area (Å²) < 4.78 is 31.3. The Balaban J connectivity index is 2.13. The molecule has 2 bridgehead atoms. The van der Waals surface area contributed by atoms with Gasteiger partial charge in [0.05, 0.1) is 0 Å². The van der Waals surface area contributed by atoms with Crippen LogP contribution in [-0.2, 0) is 24.7 Å². The summed E-state index contributed by atoms with van der Waals surface area (Å²) in [5.41, 5.74) is 0. The van der Waals surface area contributed by atoms with E-state index in [2.05, 4.69) is 11.9 Å². The topological polar surface area (TPSA) is 81.7 Å². The van der Waals surface area contributed by atoms with Crippen LogP contribution < -0.4 is 5.32 Å². The second kappa shape index (κ2) is 4.75. The minimum Gasteiger partial charge on any atom is -0.455 e. The van der Waals surface area contributed by atoms with E-state index in [9.17, 15) is 13.2 Å². The van der Waals surface area contributed by atoms with Crippen molar-refractivity contribution in [3.8, 4) is 0 Å². The number of carbonyl (C=O) groups is 1. The summed E-state index contributed by atoms with van der Waals surface area (Å²) in [7, 11) is -2.95. The first-order valence-corrected chi connectivity index (χ1v) is 6.52. The Morgan fingerprint density at radius 2 is 2.18 bits per heavy atom. The second-order valence-electron chi connectivity index (χ2n) is 4.41. The van der Waals surface area contributed by atoms with Gasteiger partial charge in [-0.1, -0.05) is 13.5 Å². The van der Waals surface area contributed by atoms with E-state index in [0.717, 1.165) is 12.5 Å². The minimum absolute atomic E-state index is 0.0520. The third kappa shape index (κ3) is 2.36. The molecular formula is C10H15NO5S. The van der Waals surface area contributed by atoms with Gasteiger partial charge in [0.15, 0.2) is 0 Å². The zero-order chi connectivity index (χ0) is 12.6. The first kappa shape index (κ1) is 12.5. The highest BCUT2D eigenvalue weighted by Crippen LogP contribution is 2.37. The molecule has 0 aromatic carbocycles. The Morgan fingerprint density at radius 1 is 1.47 bits per heavy atom. The van der Waals surface area contributed by atoms with Crippen LogP contribution in [0.25, 0.3) is 0 Å². The maximum absolute atomic E-state index is 11.2. The molecule has 2 heterocycles. The van der Waals surface area contributed by atoms with Gasteiger partial charge in [-0.05, 0) is 12.3 Å². The summed E-state index contributed by atoms with van der Waals surface area (Å²) in [5.74, 6) is -0.238. The molecule has 0 amide bonds. The van der Waals surface area contributed by atoms with Crippen LogP contribution in [0.15, 0.2) is 12.7 Å². The third-order valence-electron chi connectivity index (χ3n) is 3.35. The van der Waals surface area contributed by atoms with Gasteiger partial charge in [0.2, 0.25) is 0 Å². The van der Waals surface area contributed by atoms with E-state index in [4.69, 9.17) is 8.92 Å². The summed E-state index contributed by atoms with van der Waals surface area (Å²) >= 11 is 0. The molecule has 96 valence electrons. The van der Waals surface area contributed by atoms with E-state index < -0.39 is 29.2 Å². The molecule has 0 aromatic rings.